The van der Waals surface area contributed by atoms with Gasteiger partial charge in [-0.1, -0.05) is 6.08 Å². The van der Waals surface area contributed by atoms with Crippen molar-refractivity contribution in [1.82, 2.24) is 9.88 Å². The highest BCUT2D eigenvalue weighted by Crippen LogP contribution is 2.46. The maximum absolute atomic E-state index is 12.5. The van der Waals surface area contributed by atoms with Gasteiger partial charge in [-0.2, -0.15) is 0 Å². The molecule has 2 aliphatic heterocycles. The highest BCUT2D eigenvalue weighted by molar-refractivity contribution is 8.01. The number of amides is 1. The first kappa shape index (κ1) is 16.2. The number of hydrogen-bond acceptors (Lipinski definition) is 4. The van der Waals surface area contributed by atoms with Crippen molar-refractivity contribution < 1.29 is 9.53 Å². The minimum absolute atomic E-state index is 0.244. The van der Waals surface area contributed by atoms with E-state index >= 15 is 0 Å². The van der Waals surface area contributed by atoms with Gasteiger partial charge >= 0.3 is 0 Å². The van der Waals surface area contributed by atoms with E-state index < -0.39 is 0 Å². The topological polar surface area (TPSA) is 42.4 Å². The number of carbonyl (C=O) groups excluding carboxylic acids is 1. The second-order valence-electron chi connectivity index (χ2n) is 7.12. The Labute approximate surface area is 147 Å². The van der Waals surface area contributed by atoms with E-state index in [2.05, 4.69) is 11.1 Å². The summed E-state index contributed by atoms with van der Waals surface area (Å²) in [7, 11) is 0. The van der Waals surface area contributed by atoms with Crippen LogP contribution in [0.25, 0.3) is 0 Å². The lowest BCUT2D eigenvalue weighted by Gasteiger charge is -2.48. The number of pyridine rings is 1. The zero-order chi connectivity index (χ0) is 16.4. The molecule has 24 heavy (non-hydrogen) atoms. The lowest BCUT2D eigenvalue weighted by atomic mass is 9.90. The van der Waals surface area contributed by atoms with E-state index in [-0.39, 0.29) is 10.7 Å². The third kappa shape index (κ3) is 3.38. The number of ether oxygens (including phenoxy) is 1. The molecule has 2 fully saturated rings. The average Bonchev–Trinajstić information content (AvgIpc) is 3.04. The molecule has 128 valence electrons. The molecule has 1 atom stereocenters. The lowest BCUT2D eigenvalue weighted by Crippen LogP contribution is -2.61. The Morgan fingerprint density at radius 2 is 2.17 bits per heavy atom. The molecule has 1 amide bonds. The van der Waals surface area contributed by atoms with Gasteiger partial charge in [0.15, 0.2) is 0 Å². The van der Waals surface area contributed by atoms with Crippen LogP contribution in [-0.2, 0) is 16.1 Å². The maximum Gasteiger partial charge on any atom is 0.249 e. The summed E-state index contributed by atoms with van der Waals surface area (Å²) in [6.45, 7) is 2.44. The lowest BCUT2D eigenvalue weighted by molar-refractivity contribution is -0.132. The molecule has 1 spiro atoms. The van der Waals surface area contributed by atoms with E-state index in [1.54, 1.807) is 12.4 Å². The molecule has 1 aliphatic carbocycles. The number of nitrogens with zero attached hydrogens (tertiary/aromatic N) is 2. The summed E-state index contributed by atoms with van der Waals surface area (Å²) in [6.07, 6.45) is 11.5. The van der Waals surface area contributed by atoms with Crippen molar-refractivity contribution in [2.75, 3.05) is 18.8 Å². The van der Waals surface area contributed by atoms with Gasteiger partial charge < -0.3 is 9.64 Å². The van der Waals surface area contributed by atoms with Crippen LogP contribution in [-0.4, -0.2) is 45.5 Å². The van der Waals surface area contributed by atoms with Crippen LogP contribution in [0, 0.1) is 0 Å². The highest BCUT2D eigenvalue weighted by Gasteiger charge is 2.51. The highest BCUT2D eigenvalue weighted by atomic mass is 32.2. The van der Waals surface area contributed by atoms with Crippen LogP contribution in [0.2, 0.25) is 0 Å². The quantitative estimate of drug-likeness (QED) is 0.841. The Balaban J connectivity index is 1.26. The van der Waals surface area contributed by atoms with Gasteiger partial charge in [-0.25, -0.2) is 0 Å². The van der Waals surface area contributed by atoms with Crippen molar-refractivity contribution in [3.05, 3.63) is 41.7 Å². The van der Waals surface area contributed by atoms with E-state index in [1.807, 2.05) is 28.8 Å². The Hall–Kier alpha value is -1.33. The van der Waals surface area contributed by atoms with Crippen molar-refractivity contribution in [3.8, 4) is 0 Å². The smallest absolute Gasteiger partial charge is 0.249 e. The minimum atomic E-state index is 0.244. The summed E-state index contributed by atoms with van der Waals surface area (Å²) in [5, 5.41) is 0. The van der Waals surface area contributed by atoms with E-state index in [0.29, 0.717) is 12.7 Å². The number of aromatic nitrogens is 1. The first-order chi connectivity index (χ1) is 11.7. The zero-order valence-electron chi connectivity index (χ0n) is 13.9. The Kier molecular flexibility index (Phi) is 4.63. The molecule has 3 aliphatic rings. The number of hydrogen-bond donors (Lipinski definition) is 0. The number of carbonyl (C=O) groups is 1. The Morgan fingerprint density at radius 1 is 1.33 bits per heavy atom. The molecule has 1 aromatic rings. The molecule has 0 saturated carbocycles. The second kappa shape index (κ2) is 6.89. The normalized spacial score (nSPS) is 25.4. The summed E-state index contributed by atoms with van der Waals surface area (Å²) in [6, 6.07) is 4.00. The Bertz CT molecular complexity index is 626. The van der Waals surface area contributed by atoms with E-state index in [1.165, 1.54) is 12.0 Å². The number of allylic oxidation sites excluding steroid dienone is 1. The van der Waals surface area contributed by atoms with Crippen molar-refractivity contribution in [2.45, 2.75) is 49.6 Å². The van der Waals surface area contributed by atoms with Gasteiger partial charge in [0.05, 0.1) is 17.5 Å². The summed E-state index contributed by atoms with van der Waals surface area (Å²) >= 11 is 1.99. The molecule has 0 N–H and O–H groups in total. The van der Waals surface area contributed by atoms with Crippen molar-refractivity contribution in [3.63, 3.8) is 0 Å². The SMILES string of the molecule is O=C(C1=CCCCC1)N1CC2(C[C@H](OCc3ccncc3)CS2)C1. The van der Waals surface area contributed by atoms with E-state index in [4.69, 9.17) is 4.74 Å². The van der Waals surface area contributed by atoms with Crippen molar-refractivity contribution >= 4 is 17.7 Å². The van der Waals surface area contributed by atoms with Crippen LogP contribution in [0.5, 0.6) is 0 Å². The van der Waals surface area contributed by atoms with Gasteiger partial charge in [-0.05, 0) is 49.8 Å². The van der Waals surface area contributed by atoms with E-state index in [0.717, 1.165) is 50.1 Å². The molecule has 5 heteroatoms. The van der Waals surface area contributed by atoms with Crippen LogP contribution < -0.4 is 0 Å². The average molecular weight is 344 g/mol. The van der Waals surface area contributed by atoms with Crippen LogP contribution in [0.1, 0.15) is 37.7 Å². The summed E-state index contributed by atoms with van der Waals surface area (Å²) < 4.78 is 6.31. The first-order valence-corrected chi connectivity index (χ1v) is 9.85. The van der Waals surface area contributed by atoms with Crippen molar-refractivity contribution in [1.29, 1.82) is 0 Å². The molecule has 0 radical (unpaired) electrons. The number of likely N-dealkylation sites (tertiary alicyclic amines) is 1. The van der Waals surface area contributed by atoms with Gasteiger partial charge in [0, 0.05) is 36.8 Å². The Morgan fingerprint density at radius 3 is 2.92 bits per heavy atom. The number of rotatable bonds is 4. The molecular weight excluding hydrogens is 320 g/mol. The van der Waals surface area contributed by atoms with Gasteiger partial charge in [0.2, 0.25) is 5.91 Å². The molecule has 4 nitrogen and oxygen atoms in total. The molecule has 0 unspecified atom stereocenters. The molecule has 3 heterocycles. The predicted molar refractivity (Wildman–Crippen MR) is 95.8 cm³/mol. The fourth-order valence-corrected chi connectivity index (χ4v) is 5.40. The fraction of sp³-hybridized carbons (Fsp3) is 0.579. The van der Waals surface area contributed by atoms with Crippen molar-refractivity contribution in [2.24, 2.45) is 0 Å². The second-order valence-corrected chi connectivity index (χ2v) is 8.61. The maximum atomic E-state index is 12.5. The molecule has 0 bridgehead atoms. The van der Waals surface area contributed by atoms with Gasteiger partial charge in [-0.15, -0.1) is 11.8 Å². The largest absolute Gasteiger partial charge is 0.373 e. The number of thioether (sulfide) groups is 1. The zero-order valence-corrected chi connectivity index (χ0v) is 14.8. The molecule has 2 saturated heterocycles. The summed E-state index contributed by atoms with van der Waals surface area (Å²) in [4.78, 5) is 18.6. The third-order valence-corrected chi connectivity index (χ3v) is 6.80. The molecular formula is C19H24N2O2S. The van der Waals surface area contributed by atoms with Crippen LogP contribution >= 0.6 is 11.8 Å². The molecule has 1 aromatic heterocycles. The van der Waals surface area contributed by atoms with E-state index in [9.17, 15) is 4.79 Å². The monoisotopic (exact) mass is 344 g/mol. The fourth-order valence-electron chi connectivity index (χ4n) is 3.85. The third-order valence-electron chi connectivity index (χ3n) is 5.22. The first-order valence-electron chi connectivity index (χ1n) is 8.87. The predicted octanol–water partition coefficient (Wildman–Crippen LogP) is 3.19. The minimum Gasteiger partial charge on any atom is -0.373 e. The van der Waals surface area contributed by atoms with Gasteiger partial charge in [0.1, 0.15) is 0 Å². The van der Waals surface area contributed by atoms with Crippen LogP contribution in [0.15, 0.2) is 36.2 Å². The molecule has 4 rings (SSSR count). The van der Waals surface area contributed by atoms with Gasteiger partial charge in [0.25, 0.3) is 0 Å². The van der Waals surface area contributed by atoms with Crippen LogP contribution in [0.4, 0.5) is 0 Å². The summed E-state index contributed by atoms with van der Waals surface area (Å²) in [5.41, 5.74) is 2.22. The summed E-state index contributed by atoms with van der Waals surface area (Å²) in [5.74, 6) is 1.32. The van der Waals surface area contributed by atoms with Gasteiger partial charge in [-0.3, -0.25) is 9.78 Å². The van der Waals surface area contributed by atoms with Crippen LogP contribution in [0.3, 0.4) is 0 Å². The standard InChI is InChI=1S/C19H24N2O2S/c22-18(16-4-2-1-3-5-16)21-13-19(14-21)10-17(12-24-19)23-11-15-6-8-20-9-7-15/h4,6-9,17H,1-3,5,10-14H2/t17-/m0/s1. The molecule has 0 aromatic carbocycles.